The molecule has 0 aliphatic rings. The van der Waals surface area contributed by atoms with Gasteiger partial charge in [0.05, 0.1) is 17.5 Å². The van der Waals surface area contributed by atoms with Gasteiger partial charge in [0.25, 0.3) is 5.91 Å². The number of furan rings is 1. The summed E-state index contributed by atoms with van der Waals surface area (Å²) in [6, 6.07) is 4.01. The van der Waals surface area contributed by atoms with Crippen LogP contribution in [0.3, 0.4) is 0 Å². The molecule has 1 atom stereocenters. The summed E-state index contributed by atoms with van der Waals surface area (Å²) in [5.74, 6) is -1.30. The molecule has 1 aromatic heterocycles. The first kappa shape index (κ1) is 19.0. The highest BCUT2D eigenvalue weighted by atomic mass is 19.1. The van der Waals surface area contributed by atoms with Gasteiger partial charge >= 0.3 is 6.03 Å². The smallest absolute Gasteiger partial charge is 0.321 e. The van der Waals surface area contributed by atoms with Crippen molar-refractivity contribution in [3.8, 4) is 0 Å². The van der Waals surface area contributed by atoms with Crippen molar-refractivity contribution in [2.24, 2.45) is 0 Å². The van der Waals surface area contributed by atoms with Crippen molar-refractivity contribution in [2.75, 3.05) is 17.7 Å². The Balaban J connectivity index is 2.09. The van der Waals surface area contributed by atoms with Crippen molar-refractivity contribution in [3.63, 3.8) is 0 Å². The third-order valence-corrected chi connectivity index (χ3v) is 3.56. The summed E-state index contributed by atoms with van der Waals surface area (Å²) in [4.78, 5) is 35.2. The number of anilines is 2. The highest BCUT2D eigenvalue weighted by Gasteiger charge is 2.17. The Morgan fingerprint density at radius 2 is 1.92 bits per heavy atom. The van der Waals surface area contributed by atoms with E-state index in [4.69, 9.17) is 4.42 Å². The molecule has 0 bridgehead atoms. The van der Waals surface area contributed by atoms with Crippen molar-refractivity contribution in [1.29, 1.82) is 0 Å². The lowest BCUT2D eigenvalue weighted by Gasteiger charge is -2.16. The van der Waals surface area contributed by atoms with Crippen molar-refractivity contribution in [2.45, 2.75) is 19.9 Å². The number of hydrogen-bond donors (Lipinski definition) is 4. The largest absolute Gasteiger partial charge is 0.469 e. The maximum atomic E-state index is 14.0. The number of amides is 4. The molecule has 0 unspecified atom stereocenters. The molecule has 0 saturated carbocycles. The summed E-state index contributed by atoms with van der Waals surface area (Å²) in [6.07, 6.45) is 1.37. The van der Waals surface area contributed by atoms with Gasteiger partial charge < -0.3 is 20.4 Å². The molecule has 26 heavy (non-hydrogen) atoms. The van der Waals surface area contributed by atoms with Gasteiger partial charge in [-0.05, 0) is 38.1 Å². The molecule has 0 aliphatic heterocycles. The number of urea groups is 1. The molecule has 4 amide bonds. The van der Waals surface area contributed by atoms with Crippen molar-refractivity contribution in [3.05, 3.63) is 47.7 Å². The molecule has 1 heterocycles. The van der Waals surface area contributed by atoms with E-state index in [0.717, 1.165) is 6.07 Å². The summed E-state index contributed by atoms with van der Waals surface area (Å²) in [7, 11) is 1.39. The van der Waals surface area contributed by atoms with Crippen LogP contribution in [-0.2, 0) is 4.79 Å². The van der Waals surface area contributed by atoms with E-state index in [2.05, 4.69) is 21.3 Å². The number of carbonyl (C=O) groups excluding carboxylic acids is 3. The van der Waals surface area contributed by atoms with Crippen LogP contribution in [0.5, 0.6) is 0 Å². The number of nitrogens with one attached hydrogen (secondary N) is 4. The second-order valence-corrected chi connectivity index (χ2v) is 5.47. The molecule has 9 heteroatoms. The van der Waals surface area contributed by atoms with Gasteiger partial charge in [-0.1, -0.05) is 0 Å². The fourth-order valence-electron chi connectivity index (χ4n) is 2.12. The molecule has 0 fully saturated rings. The molecule has 2 aromatic rings. The first-order valence-corrected chi connectivity index (χ1v) is 7.76. The fourth-order valence-corrected chi connectivity index (χ4v) is 2.12. The average molecular weight is 362 g/mol. The van der Waals surface area contributed by atoms with Crippen molar-refractivity contribution < 1.29 is 23.2 Å². The number of halogens is 1. The molecule has 4 N–H and O–H groups in total. The van der Waals surface area contributed by atoms with Gasteiger partial charge in [-0.2, -0.15) is 0 Å². The Morgan fingerprint density at radius 1 is 1.19 bits per heavy atom. The van der Waals surface area contributed by atoms with E-state index in [9.17, 15) is 18.8 Å². The lowest BCUT2D eigenvalue weighted by Crippen LogP contribution is -2.44. The molecule has 0 radical (unpaired) electrons. The minimum Gasteiger partial charge on any atom is -0.469 e. The van der Waals surface area contributed by atoms with Gasteiger partial charge in [-0.25, -0.2) is 9.18 Å². The van der Waals surface area contributed by atoms with E-state index in [1.165, 1.54) is 38.4 Å². The summed E-state index contributed by atoms with van der Waals surface area (Å²) in [5.41, 5.74) is 0.630. The molecule has 138 valence electrons. The zero-order chi connectivity index (χ0) is 19.3. The van der Waals surface area contributed by atoms with E-state index in [-0.39, 0.29) is 5.69 Å². The lowest BCUT2D eigenvalue weighted by molar-refractivity contribution is -0.120. The van der Waals surface area contributed by atoms with Crippen LogP contribution in [0.4, 0.5) is 20.6 Å². The van der Waals surface area contributed by atoms with Crippen LogP contribution in [0, 0.1) is 12.7 Å². The van der Waals surface area contributed by atoms with Crippen LogP contribution >= 0.6 is 0 Å². The Kier molecular flexibility index (Phi) is 5.94. The van der Waals surface area contributed by atoms with Crippen LogP contribution in [-0.4, -0.2) is 30.9 Å². The van der Waals surface area contributed by atoms with E-state index in [1.54, 1.807) is 6.92 Å². The minimum atomic E-state index is -0.766. The SMILES string of the molecule is CNC(=O)NC(=O)[C@H](C)Nc1ccc(F)c(NC(=O)c2ccoc2C)c1. The van der Waals surface area contributed by atoms with E-state index >= 15 is 0 Å². The second-order valence-electron chi connectivity index (χ2n) is 5.47. The number of benzene rings is 1. The number of aryl methyl sites for hydroxylation is 1. The Bertz CT molecular complexity index is 834. The Labute approximate surface area is 149 Å². The maximum absolute atomic E-state index is 14.0. The molecule has 8 nitrogen and oxygen atoms in total. The number of imide groups is 1. The highest BCUT2D eigenvalue weighted by molar-refractivity contribution is 6.05. The Morgan fingerprint density at radius 3 is 2.54 bits per heavy atom. The maximum Gasteiger partial charge on any atom is 0.321 e. The van der Waals surface area contributed by atoms with E-state index in [0.29, 0.717) is 17.0 Å². The third kappa shape index (κ3) is 4.59. The summed E-state index contributed by atoms with van der Waals surface area (Å²) < 4.78 is 19.0. The first-order valence-electron chi connectivity index (χ1n) is 7.76. The summed E-state index contributed by atoms with van der Waals surface area (Å²) in [6.45, 7) is 3.16. The number of rotatable bonds is 5. The topological polar surface area (TPSA) is 112 Å². The van der Waals surface area contributed by atoms with E-state index < -0.39 is 29.7 Å². The molecular formula is C17H19FN4O4. The Hall–Kier alpha value is -3.36. The zero-order valence-electron chi connectivity index (χ0n) is 14.5. The predicted molar refractivity (Wildman–Crippen MR) is 93.5 cm³/mol. The second kappa shape index (κ2) is 8.15. The summed E-state index contributed by atoms with van der Waals surface area (Å²) >= 11 is 0. The first-order chi connectivity index (χ1) is 12.3. The van der Waals surface area contributed by atoms with Crippen molar-refractivity contribution in [1.82, 2.24) is 10.6 Å². The molecule has 0 aliphatic carbocycles. The van der Waals surface area contributed by atoms with Crippen LogP contribution in [0.15, 0.2) is 34.9 Å². The zero-order valence-corrected chi connectivity index (χ0v) is 14.5. The predicted octanol–water partition coefficient (Wildman–Crippen LogP) is 2.24. The van der Waals surface area contributed by atoms with Gasteiger partial charge in [0.15, 0.2) is 0 Å². The number of carbonyl (C=O) groups is 3. The third-order valence-electron chi connectivity index (χ3n) is 3.56. The molecule has 0 spiro atoms. The van der Waals surface area contributed by atoms with Crippen molar-refractivity contribution >= 4 is 29.2 Å². The number of hydrogen-bond acceptors (Lipinski definition) is 5. The van der Waals surface area contributed by atoms with Crippen LogP contribution in [0.1, 0.15) is 23.0 Å². The monoisotopic (exact) mass is 362 g/mol. The molecule has 0 saturated heterocycles. The minimum absolute atomic E-state index is 0.0560. The quantitative estimate of drug-likeness (QED) is 0.652. The van der Waals surface area contributed by atoms with Gasteiger partial charge in [-0.15, -0.1) is 0 Å². The lowest BCUT2D eigenvalue weighted by atomic mass is 10.2. The van der Waals surface area contributed by atoms with Crippen LogP contribution in [0.25, 0.3) is 0 Å². The van der Waals surface area contributed by atoms with Crippen LogP contribution in [0.2, 0.25) is 0 Å². The molecular weight excluding hydrogens is 343 g/mol. The summed E-state index contributed by atoms with van der Waals surface area (Å²) in [5, 5.41) is 9.68. The van der Waals surface area contributed by atoms with Gasteiger partial charge in [0.1, 0.15) is 17.6 Å². The fraction of sp³-hybridized carbons (Fsp3) is 0.235. The normalized spacial score (nSPS) is 11.4. The average Bonchev–Trinajstić information content (AvgIpc) is 3.03. The standard InChI is InChI=1S/C17H19FN4O4/c1-9(15(23)22-17(25)19-3)20-11-4-5-13(18)14(8-11)21-16(24)12-6-7-26-10(12)2/h4-9,20H,1-3H3,(H,21,24)(H2,19,22,23,25)/t9-/m0/s1. The van der Waals surface area contributed by atoms with Gasteiger partial charge in [0.2, 0.25) is 5.91 Å². The molecule has 2 rings (SSSR count). The van der Waals surface area contributed by atoms with Crippen LogP contribution < -0.4 is 21.3 Å². The highest BCUT2D eigenvalue weighted by Crippen LogP contribution is 2.22. The van der Waals surface area contributed by atoms with Gasteiger partial charge in [0, 0.05) is 12.7 Å². The molecule has 1 aromatic carbocycles. The van der Waals surface area contributed by atoms with E-state index in [1.807, 2.05) is 0 Å². The van der Waals surface area contributed by atoms with Gasteiger partial charge in [-0.3, -0.25) is 14.9 Å².